The van der Waals surface area contributed by atoms with E-state index in [1.807, 2.05) is 12.1 Å². The van der Waals surface area contributed by atoms with Crippen LogP contribution in [-0.4, -0.2) is 45.9 Å². The summed E-state index contributed by atoms with van der Waals surface area (Å²) in [4.78, 5) is 23.2. The number of carbonyl (C=O) groups excluding carboxylic acids is 1. The molecule has 2 saturated heterocycles. The number of fused-ring (bicyclic) bond motifs is 2. The van der Waals surface area contributed by atoms with Crippen LogP contribution in [0.3, 0.4) is 0 Å². The number of ketones is 1. The van der Waals surface area contributed by atoms with Crippen LogP contribution in [0, 0.1) is 17.2 Å². The average molecular weight is 348 g/mol. The summed E-state index contributed by atoms with van der Waals surface area (Å²) in [5.74, 6) is 0.118. The lowest BCUT2D eigenvalue weighted by Gasteiger charge is -2.48. The number of nitriles is 1. The molecule has 132 valence electrons. The summed E-state index contributed by atoms with van der Waals surface area (Å²) in [5, 5.41) is 8.80. The summed E-state index contributed by atoms with van der Waals surface area (Å²) in [6, 6.07) is 12.8. The fourth-order valence-corrected chi connectivity index (χ4v) is 4.00. The number of benzene rings is 1. The van der Waals surface area contributed by atoms with E-state index in [0.29, 0.717) is 18.8 Å². The Labute approximate surface area is 152 Å². The number of piperidine rings is 1. The number of rotatable bonds is 4. The van der Waals surface area contributed by atoms with Crippen LogP contribution in [-0.2, 0) is 11.3 Å². The quantitative estimate of drug-likeness (QED) is 0.788. The molecular formula is C20H20N4O2. The Hall–Kier alpha value is -2.62. The van der Waals surface area contributed by atoms with Crippen molar-refractivity contribution in [2.45, 2.75) is 31.5 Å². The molecule has 3 heterocycles. The van der Waals surface area contributed by atoms with Gasteiger partial charge in [-0.05, 0) is 18.4 Å². The van der Waals surface area contributed by atoms with E-state index in [9.17, 15) is 4.79 Å². The van der Waals surface area contributed by atoms with Gasteiger partial charge >= 0.3 is 0 Å². The van der Waals surface area contributed by atoms with E-state index < -0.39 is 0 Å². The van der Waals surface area contributed by atoms with Gasteiger partial charge in [0.15, 0.2) is 5.78 Å². The molecule has 2 atom stereocenters. The Balaban J connectivity index is 1.48. The second-order valence-electron chi connectivity index (χ2n) is 6.94. The SMILES string of the molecule is N#Cc1ncc(C(=O)C2CC3COCC(C2)N3Cc2ccccc2)cn1. The van der Waals surface area contributed by atoms with Gasteiger partial charge < -0.3 is 4.74 Å². The molecule has 0 radical (unpaired) electrons. The third-order valence-corrected chi connectivity index (χ3v) is 5.29. The maximum absolute atomic E-state index is 12.9. The van der Waals surface area contributed by atoms with Gasteiger partial charge in [-0.1, -0.05) is 30.3 Å². The number of hydrogen-bond donors (Lipinski definition) is 0. The highest BCUT2D eigenvalue weighted by Crippen LogP contribution is 2.34. The Morgan fingerprint density at radius 2 is 1.81 bits per heavy atom. The van der Waals surface area contributed by atoms with Crippen LogP contribution in [0.5, 0.6) is 0 Å². The molecule has 0 spiro atoms. The lowest BCUT2D eigenvalue weighted by molar-refractivity contribution is -0.0872. The molecule has 6 nitrogen and oxygen atoms in total. The van der Waals surface area contributed by atoms with Crippen LogP contribution in [0.4, 0.5) is 0 Å². The van der Waals surface area contributed by atoms with Gasteiger partial charge in [0.2, 0.25) is 5.82 Å². The minimum absolute atomic E-state index is 0.0440. The number of ether oxygens (including phenoxy) is 1. The fraction of sp³-hybridized carbons (Fsp3) is 0.400. The van der Waals surface area contributed by atoms with Crippen LogP contribution in [0.15, 0.2) is 42.7 Å². The van der Waals surface area contributed by atoms with E-state index in [1.54, 1.807) is 0 Å². The first kappa shape index (κ1) is 16.8. The number of nitrogens with zero attached hydrogens (tertiary/aromatic N) is 4. The standard InChI is InChI=1S/C20H20N4O2/c21-8-19-22-9-16(10-23-19)20(25)15-6-17-12-26-13-18(7-15)24(17)11-14-4-2-1-3-5-14/h1-5,9-10,15,17-18H,6-7,11-13H2. The average Bonchev–Trinajstić information content (AvgIpc) is 2.68. The van der Waals surface area contributed by atoms with E-state index in [-0.39, 0.29) is 29.6 Å². The first-order valence-corrected chi connectivity index (χ1v) is 8.88. The molecule has 2 aliphatic heterocycles. The summed E-state index contributed by atoms with van der Waals surface area (Å²) < 4.78 is 5.75. The van der Waals surface area contributed by atoms with Gasteiger partial charge in [0, 0.05) is 36.9 Å². The van der Waals surface area contributed by atoms with Crippen LogP contribution >= 0.6 is 0 Å². The predicted octanol–water partition coefficient (Wildman–Crippen LogP) is 2.21. The minimum Gasteiger partial charge on any atom is -0.378 e. The van der Waals surface area contributed by atoms with Crippen molar-refractivity contribution in [3.05, 3.63) is 59.7 Å². The van der Waals surface area contributed by atoms with Crippen molar-refractivity contribution >= 4 is 5.78 Å². The molecule has 4 rings (SSSR count). The summed E-state index contributed by atoms with van der Waals surface area (Å²) in [7, 11) is 0. The number of morpholine rings is 1. The van der Waals surface area contributed by atoms with E-state index >= 15 is 0 Å². The fourth-order valence-electron chi connectivity index (χ4n) is 4.00. The van der Waals surface area contributed by atoms with Crippen molar-refractivity contribution in [2.24, 2.45) is 5.92 Å². The van der Waals surface area contributed by atoms with Gasteiger partial charge in [0.25, 0.3) is 0 Å². The normalized spacial score (nSPS) is 25.4. The molecule has 0 N–H and O–H groups in total. The van der Waals surface area contributed by atoms with Crippen molar-refractivity contribution in [1.29, 1.82) is 5.26 Å². The Morgan fingerprint density at radius 1 is 1.15 bits per heavy atom. The van der Waals surface area contributed by atoms with Crippen LogP contribution in [0.25, 0.3) is 0 Å². The van der Waals surface area contributed by atoms with Gasteiger partial charge in [-0.2, -0.15) is 5.26 Å². The number of aromatic nitrogens is 2. The topological polar surface area (TPSA) is 79.1 Å². The zero-order valence-electron chi connectivity index (χ0n) is 14.4. The number of hydrogen-bond acceptors (Lipinski definition) is 6. The largest absolute Gasteiger partial charge is 0.378 e. The van der Waals surface area contributed by atoms with E-state index in [0.717, 1.165) is 19.4 Å². The van der Waals surface area contributed by atoms with Gasteiger partial charge in [0.05, 0.1) is 18.8 Å². The van der Waals surface area contributed by atoms with Crippen molar-refractivity contribution < 1.29 is 9.53 Å². The maximum Gasteiger partial charge on any atom is 0.232 e. The zero-order valence-corrected chi connectivity index (χ0v) is 14.4. The van der Waals surface area contributed by atoms with Crippen molar-refractivity contribution in [2.75, 3.05) is 13.2 Å². The predicted molar refractivity (Wildman–Crippen MR) is 94.2 cm³/mol. The Kier molecular flexibility index (Phi) is 4.74. The molecule has 2 unspecified atom stereocenters. The van der Waals surface area contributed by atoms with Gasteiger partial charge in [-0.15, -0.1) is 0 Å². The van der Waals surface area contributed by atoms with E-state index in [4.69, 9.17) is 10.00 Å². The Bertz CT molecular complexity index is 802. The molecule has 0 amide bonds. The molecule has 2 fully saturated rings. The van der Waals surface area contributed by atoms with Crippen LogP contribution in [0.1, 0.15) is 34.6 Å². The third kappa shape index (κ3) is 3.36. The molecule has 1 aromatic carbocycles. The first-order chi connectivity index (χ1) is 12.7. The van der Waals surface area contributed by atoms with Crippen LogP contribution in [0.2, 0.25) is 0 Å². The molecule has 2 aromatic rings. The monoisotopic (exact) mass is 348 g/mol. The van der Waals surface area contributed by atoms with Gasteiger partial charge in [0.1, 0.15) is 6.07 Å². The lowest BCUT2D eigenvalue weighted by atomic mass is 9.81. The minimum atomic E-state index is -0.0440. The van der Waals surface area contributed by atoms with Gasteiger partial charge in [-0.25, -0.2) is 9.97 Å². The summed E-state index contributed by atoms with van der Waals surface area (Å²) in [6.07, 6.45) is 4.50. The smallest absolute Gasteiger partial charge is 0.232 e. The van der Waals surface area contributed by atoms with E-state index in [2.05, 4.69) is 39.1 Å². The van der Waals surface area contributed by atoms with Crippen molar-refractivity contribution in [1.82, 2.24) is 14.9 Å². The molecule has 2 aliphatic rings. The molecule has 1 aromatic heterocycles. The van der Waals surface area contributed by atoms with Crippen molar-refractivity contribution in [3.63, 3.8) is 0 Å². The lowest BCUT2D eigenvalue weighted by Crippen LogP contribution is -2.57. The molecule has 2 bridgehead atoms. The van der Waals surface area contributed by atoms with Crippen LogP contribution < -0.4 is 0 Å². The molecule has 26 heavy (non-hydrogen) atoms. The third-order valence-electron chi connectivity index (χ3n) is 5.29. The highest BCUT2D eigenvalue weighted by molar-refractivity contribution is 5.97. The second-order valence-corrected chi connectivity index (χ2v) is 6.94. The van der Waals surface area contributed by atoms with E-state index in [1.165, 1.54) is 18.0 Å². The molecule has 0 saturated carbocycles. The van der Waals surface area contributed by atoms with Gasteiger partial charge in [-0.3, -0.25) is 9.69 Å². The number of carbonyl (C=O) groups is 1. The molecular weight excluding hydrogens is 328 g/mol. The Morgan fingerprint density at radius 3 is 2.42 bits per heavy atom. The number of Topliss-reactive ketones (excluding diaryl/α,β-unsaturated/α-hetero) is 1. The summed E-state index contributed by atoms with van der Waals surface area (Å²) in [5.41, 5.74) is 1.78. The zero-order chi connectivity index (χ0) is 17.9. The highest BCUT2D eigenvalue weighted by atomic mass is 16.5. The molecule has 0 aliphatic carbocycles. The summed E-state index contributed by atoms with van der Waals surface area (Å²) in [6.45, 7) is 2.22. The van der Waals surface area contributed by atoms with Crippen molar-refractivity contribution in [3.8, 4) is 6.07 Å². The summed E-state index contributed by atoms with van der Waals surface area (Å²) >= 11 is 0. The first-order valence-electron chi connectivity index (χ1n) is 8.88. The second kappa shape index (κ2) is 7.32. The highest BCUT2D eigenvalue weighted by Gasteiger charge is 2.41. The maximum atomic E-state index is 12.9. The molecule has 6 heteroatoms.